The third kappa shape index (κ3) is 3.49. The van der Waals surface area contributed by atoms with Crippen LogP contribution in [0.25, 0.3) is 0 Å². The lowest BCUT2D eigenvalue weighted by atomic mass is 9.67. The molecule has 1 aromatic heterocycles. The molecular formula is C16H23ClN4S. The molecule has 0 saturated heterocycles. The molecular weight excluding hydrogens is 316 g/mol. The van der Waals surface area contributed by atoms with E-state index in [4.69, 9.17) is 16.9 Å². The molecule has 0 radical (unpaired) electrons. The van der Waals surface area contributed by atoms with Gasteiger partial charge >= 0.3 is 0 Å². The van der Waals surface area contributed by atoms with Gasteiger partial charge in [-0.25, -0.2) is 4.98 Å². The Kier molecular flexibility index (Phi) is 4.79. The second-order valence-electron chi connectivity index (χ2n) is 7.03. The van der Waals surface area contributed by atoms with Crippen molar-refractivity contribution in [2.75, 3.05) is 11.9 Å². The number of thiazole rings is 1. The normalized spacial score (nSPS) is 28.7. The number of aromatic nitrogens is 1. The summed E-state index contributed by atoms with van der Waals surface area (Å²) in [4.78, 5) is 5.78. The first kappa shape index (κ1) is 15.9. The summed E-state index contributed by atoms with van der Waals surface area (Å²) in [6.45, 7) is 3.15. The Hall–Kier alpha value is -0.990. The maximum absolute atomic E-state index is 8.64. The van der Waals surface area contributed by atoms with Crippen molar-refractivity contribution in [1.29, 1.82) is 5.26 Å². The highest BCUT2D eigenvalue weighted by atomic mass is 35.5. The second kappa shape index (κ2) is 6.64. The first-order valence-electron chi connectivity index (χ1n) is 8.14. The lowest BCUT2D eigenvalue weighted by Crippen LogP contribution is -2.49. The predicted octanol–water partition coefficient (Wildman–Crippen LogP) is 4.50. The van der Waals surface area contributed by atoms with Gasteiger partial charge in [0.2, 0.25) is 0 Å². The summed E-state index contributed by atoms with van der Waals surface area (Å²) in [5.74, 6) is 0.609. The number of hydrogen-bond acceptors (Lipinski definition) is 5. The molecule has 0 aromatic carbocycles. The summed E-state index contributed by atoms with van der Waals surface area (Å²) in [7, 11) is 0. The van der Waals surface area contributed by atoms with Gasteiger partial charge in [-0.05, 0) is 37.0 Å². The molecule has 6 heteroatoms. The number of nitrogens with one attached hydrogen (secondary N) is 2. The average Bonchev–Trinajstić information content (AvgIpc) is 2.86. The number of rotatable bonds is 5. The third-order valence-corrected chi connectivity index (χ3v) is 6.57. The third-order valence-electron chi connectivity index (χ3n) is 5.00. The van der Waals surface area contributed by atoms with Crippen LogP contribution in [0.1, 0.15) is 62.7 Å². The monoisotopic (exact) mass is 338 g/mol. The van der Waals surface area contributed by atoms with Gasteiger partial charge in [0.05, 0.1) is 0 Å². The highest BCUT2D eigenvalue weighted by Gasteiger charge is 2.40. The summed E-state index contributed by atoms with van der Waals surface area (Å²) in [6, 6.07) is 0.342. The van der Waals surface area contributed by atoms with E-state index in [2.05, 4.69) is 22.5 Å². The van der Waals surface area contributed by atoms with Crippen LogP contribution < -0.4 is 10.6 Å². The lowest BCUT2D eigenvalue weighted by molar-refractivity contribution is 0.130. The molecule has 2 aliphatic carbocycles. The van der Waals surface area contributed by atoms with E-state index in [1.807, 2.05) is 6.19 Å². The zero-order valence-electron chi connectivity index (χ0n) is 13.0. The second-order valence-corrected chi connectivity index (χ2v) is 8.42. The molecule has 1 aromatic rings. The molecule has 0 unspecified atom stereocenters. The van der Waals surface area contributed by atoms with Gasteiger partial charge in [0.25, 0.3) is 0 Å². The topological polar surface area (TPSA) is 60.7 Å². The van der Waals surface area contributed by atoms with Crippen LogP contribution in [-0.2, 0) is 0 Å². The predicted molar refractivity (Wildman–Crippen MR) is 91.3 cm³/mol. The fourth-order valence-electron chi connectivity index (χ4n) is 3.76. The smallest absolute Gasteiger partial charge is 0.184 e. The van der Waals surface area contributed by atoms with Crippen LogP contribution in [0.4, 0.5) is 5.13 Å². The standard InChI is InChI=1S/C16H23ClN4S/c1-16(7-12(8-16)20-10-18)9-19-15-21-14(17)13(22-15)11-5-3-2-4-6-11/h11-12,20H,2-9H2,1H3,(H,19,21). The van der Waals surface area contributed by atoms with Crippen LogP contribution in [0, 0.1) is 16.9 Å². The van der Waals surface area contributed by atoms with Gasteiger partial charge in [-0.1, -0.05) is 37.8 Å². The summed E-state index contributed by atoms with van der Waals surface area (Å²) < 4.78 is 0. The van der Waals surface area contributed by atoms with E-state index < -0.39 is 0 Å². The Morgan fingerprint density at radius 1 is 1.36 bits per heavy atom. The minimum Gasteiger partial charge on any atom is -0.361 e. The van der Waals surface area contributed by atoms with Gasteiger partial charge in [0.1, 0.15) is 5.15 Å². The fourth-order valence-corrected chi connectivity index (χ4v) is 5.19. The zero-order valence-corrected chi connectivity index (χ0v) is 14.6. The first-order chi connectivity index (χ1) is 10.6. The Balaban J connectivity index is 1.54. The van der Waals surface area contributed by atoms with Crippen molar-refractivity contribution in [1.82, 2.24) is 10.3 Å². The number of nitriles is 1. The van der Waals surface area contributed by atoms with Crippen LogP contribution in [0.15, 0.2) is 0 Å². The van der Waals surface area contributed by atoms with Crippen LogP contribution in [0.2, 0.25) is 5.15 Å². The fraction of sp³-hybridized carbons (Fsp3) is 0.750. The molecule has 2 fully saturated rings. The van der Waals surface area contributed by atoms with E-state index in [1.54, 1.807) is 11.3 Å². The molecule has 0 amide bonds. The van der Waals surface area contributed by atoms with Crippen molar-refractivity contribution in [3.63, 3.8) is 0 Å². The van der Waals surface area contributed by atoms with E-state index in [-0.39, 0.29) is 5.41 Å². The molecule has 3 rings (SSSR count). The molecule has 0 atom stereocenters. The van der Waals surface area contributed by atoms with Crippen molar-refractivity contribution in [3.05, 3.63) is 10.0 Å². The summed E-state index contributed by atoms with van der Waals surface area (Å²) in [5, 5.41) is 16.6. The lowest BCUT2D eigenvalue weighted by Gasteiger charge is -2.44. The number of nitrogens with zero attached hydrogens (tertiary/aromatic N) is 2. The highest BCUT2D eigenvalue weighted by Crippen LogP contribution is 2.43. The van der Waals surface area contributed by atoms with E-state index >= 15 is 0 Å². The van der Waals surface area contributed by atoms with Crippen molar-refractivity contribution >= 4 is 28.1 Å². The van der Waals surface area contributed by atoms with Gasteiger partial charge in [-0.3, -0.25) is 0 Å². The maximum Gasteiger partial charge on any atom is 0.184 e. The Morgan fingerprint density at radius 3 is 2.77 bits per heavy atom. The maximum atomic E-state index is 8.64. The van der Waals surface area contributed by atoms with E-state index in [1.165, 1.54) is 37.0 Å². The van der Waals surface area contributed by atoms with Gasteiger partial charge in [0.15, 0.2) is 11.3 Å². The van der Waals surface area contributed by atoms with Gasteiger partial charge in [-0.2, -0.15) is 5.26 Å². The van der Waals surface area contributed by atoms with Crippen molar-refractivity contribution in [2.45, 2.75) is 63.8 Å². The van der Waals surface area contributed by atoms with Crippen LogP contribution in [0.3, 0.4) is 0 Å². The summed E-state index contributed by atoms with van der Waals surface area (Å²) >= 11 is 8.08. The van der Waals surface area contributed by atoms with E-state index in [9.17, 15) is 0 Å². The molecule has 22 heavy (non-hydrogen) atoms. The van der Waals surface area contributed by atoms with Crippen LogP contribution >= 0.6 is 22.9 Å². The van der Waals surface area contributed by atoms with Gasteiger partial charge < -0.3 is 10.6 Å². The van der Waals surface area contributed by atoms with Crippen molar-refractivity contribution in [3.8, 4) is 6.19 Å². The molecule has 1 heterocycles. The van der Waals surface area contributed by atoms with Crippen molar-refractivity contribution in [2.24, 2.45) is 5.41 Å². The highest BCUT2D eigenvalue weighted by molar-refractivity contribution is 7.16. The van der Waals surface area contributed by atoms with Crippen LogP contribution in [0.5, 0.6) is 0 Å². The zero-order chi connectivity index (χ0) is 15.6. The quantitative estimate of drug-likeness (QED) is 0.613. The molecule has 0 spiro atoms. The summed E-state index contributed by atoms with van der Waals surface area (Å²) in [6.07, 6.45) is 10.6. The van der Waals surface area contributed by atoms with Gasteiger partial charge in [0, 0.05) is 17.5 Å². The SMILES string of the molecule is CC1(CNc2nc(Cl)c(C3CCCCC3)s2)CC(NC#N)C1. The Morgan fingerprint density at radius 2 is 2.09 bits per heavy atom. The molecule has 2 N–H and O–H groups in total. The average molecular weight is 339 g/mol. The van der Waals surface area contributed by atoms with Crippen LogP contribution in [-0.4, -0.2) is 17.6 Å². The van der Waals surface area contributed by atoms with Gasteiger partial charge in [-0.15, -0.1) is 11.3 Å². The van der Waals surface area contributed by atoms with Crippen molar-refractivity contribution < 1.29 is 0 Å². The minimum absolute atomic E-state index is 0.248. The largest absolute Gasteiger partial charge is 0.361 e. The Bertz CT molecular complexity index is 553. The molecule has 120 valence electrons. The number of halogens is 1. The molecule has 2 saturated carbocycles. The van der Waals surface area contributed by atoms with E-state index in [0.29, 0.717) is 17.1 Å². The number of hydrogen-bond donors (Lipinski definition) is 2. The summed E-state index contributed by atoms with van der Waals surface area (Å²) in [5.41, 5.74) is 0.248. The molecule has 4 nitrogen and oxygen atoms in total. The minimum atomic E-state index is 0.248. The molecule has 2 aliphatic rings. The Labute approximate surface area is 141 Å². The van der Waals surface area contributed by atoms with E-state index in [0.717, 1.165) is 24.5 Å². The molecule has 0 aliphatic heterocycles. The number of anilines is 1. The first-order valence-corrected chi connectivity index (χ1v) is 9.34. The molecule has 0 bridgehead atoms.